The number of rotatable bonds is 3. The van der Waals surface area contributed by atoms with Gasteiger partial charge in [0.05, 0.1) is 23.9 Å². The lowest BCUT2D eigenvalue weighted by Gasteiger charge is -2.17. The van der Waals surface area contributed by atoms with Crippen molar-refractivity contribution in [1.82, 2.24) is 5.06 Å². The maximum absolute atomic E-state index is 14.1. The minimum absolute atomic E-state index is 0.360. The number of nitrogens with zero attached hydrogens (tertiary/aromatic N) is 1. The number of halogens is 4. The van der Waals surface area contributed by atoms with E-state index in [9.17, 15) is 27.2 Å². The van der Waals surface area contributed by atoms with Crippen LogP contribution in [0.5, 0.6) is 0 Å². The fraction of sp³-hybridized carbons (Fsp3) is 0.333. The third-order valence-corrected chi connectivity index (χ3v) is 2.50. The Labute approximate surface area is 117 Å². The summed E-state index contributed by atoms with van der Waals surface area (Å²) in [6.07, 6.45) is -4.80. The molecule has 1 aromatic rings. The molecule has 1 N–H and O–H groups in total. The Hall–Kier alpha value is -2.16. The lowest BCUT2D eigenvalue weighted by molar-refractivity contribution is -0.137. The monoisotopic (exact) mass is 308 g/mol. The molecule has 21 heavy (non-hydrogen) atoms. The van der Waals surface area contributed by atoms with Gasteiger partial charge >= 0.3 is 6.18 Å². The van der Waals surface area contributed by atoms with Gasteiger partial charge in [-0.2, -0.15) is 13.2 Å². The van der Waals surface area contributed by atoms with Gasteiger partial charge < -0.3 is 5.32 Å². The first kappa shape index (κ1) is 16.9. The SMILES string of the molecule is CON(C)C(=O)c1cc(C(F)(F)F)cc(NC(C)=O)c1F. The number of hydroxylamine groups is 2. The van der Waals surface area contributed by atoms with Crippen LogP contribution in [-0.2, 0) is 15.8 Å². The highest BCUT2D eigenvalue weighted by molar-refractivity contribution is 5.97. The molecular weight excluding hydrogens is 296 g/mol. The van der Waals surface area contributed by atoms with Gasteiger partial charge in [0.15, 0.2) is 5.82 Å². The van der Waals surface area contributed by atoms with Gasteiger partial charge in [-0.3, -0.25) is 14.4 Å². The number of nitrogens with one attached hydrogen (secondary N) is 1. The lowest BCUT2D eigenvalue weighted by atomic mass is 10.1. The summed E-state index contributed by atoms with van der Waals surface area (Å²) in [6.45, 7) is 1.00. The number of carbonyl (C=O) groups is 2. The standard InChI is InChI=1S/C12H12F4N2O3/c1-6(19)17-9-5-7(12(14,15)16)4-8(10(9)13)11(20)18(2)21-3/h4-5H,1-3H3,(H,17,19). The van der Waals surface area contributed by atoms with E-state index in [-0.39, 0.29) is 0 Å². The molecule has 0 saturated heterocycles. The molecular formula is C12H12F4N2O3. The molecule has 0 aliphatic rings. The molecule has 0 aromatic heterocycles. The molecule has 1 rings (SSSR count). The number of alkyl halides is 3. The predicted octanol–water partition coefficient (Wildman–Crippen LogP) is 2.44. The number of amides is 2. The van der Waals surface area contributed by atoms with Crippen molar-refractivity contribution in [2.75, 3.05) is 19.5 Å². The van der Waals surface area contributed by atoms with Crippen molar-refractivity contribution >= 4 is 17.5 Å². The molecule has 1 aromatic carbocycles. The van der Waals surface area contributed by atoms with E-state index in [1.807, 2.05) is 5.32 Å². The fourth-order valence-electron chi connectivity index (χ4n) is 1.48. The third-order valence-electron chi connectivity index (χ3n) is 2.50. The quantitative estimate of drug-likeness (QED) is 0.689. The van der Waals surface area contributed by atoms with Gasteiger partial charge in [0.2, 0.25) is 5.91 Å². The zero-order valence-electron chi connectivity index (χ0n) is 11.3. The van der Waals surface area contributed by atoms with E-state index in [1.165, 1.54) is 0 Å². The van der Waals surface area contributed by atoms with Crippen molar-refractivity contribution in [3.63, 3.8) is 0 Å². The topological polar surface area (TPSA) is 58.6 Å². The minimum Gasteiger partial charge on any atom is -0.324 e. The smallest absolute Gasteiger partial charge is 0.324 e. The molecule has 0 spiro atoms. The molecule has 116 valence electrons. The number of carbonyl (C=O) groups excluding carboxylic acids is 2. The van der Waals surface area contributed by atoms with Gasteiger partial charge in [-0.1, -0.05) is 0 Å². The van der Waals surface area contributed by atoms with Gasteiger partial charge in [0, 0.05) is 14.0 Å². The zero-order valence-corrected chi connectivity index (χ0v) is 11.3. The molecule has 2 amide bonds. The molecule has 0 fully saturated rings. The van der Waals surface area contributed by atoms with Crippen molar-refractivity contribution < 1.29 is 32.0 Å². The fourth-order valence-corrected chi connectivity index (χ4v) is 1.48. The van der Waals surface area contributed by atoms with E-state index < -0.39 is 40.6 Å². The van der Waals surface area contributed by atoms with Crippen LogP contribution in [0.25, 0.3) is 0 Å². The summed E-state index contributed by atoms with van der Waals surface area (Å²) in [5.74, 6) is -3.16. The third kappa shape index (κ3) is 3.91. The van der Waals surface area contributed by atoms with Crippen molar-refractivity contribution in [2.45, 2.75) is 13.1 Å². The average Bonchev–Trinajstić information content (AvgIpc) is 2.37. The van der Waals surface area contributed by atoms with Gasteiger partial charge in [-0.15, -0.1) is 0 Å². The van der Waals surface area contributed by atoms with Crippen LogP contribution in [0.2, 0.25) is 0 Å². The molecule has 9 heteroatoms. The van der Waals surface area contributed by atoms with E-state index in [0.717, 1.165) is 21.1 Å². The predicted molar refractivity (Wildman–Crippen MR) is 64.8 cm³/mol. The van der Waals surface area contributed by atoms with Crippen LogP contribution in [0.1, 0.15) is 22.8 Å². The summed E-state index contributed by atoms with van der Waals surface area (Å²) in [5, 5.41) is 2.48. The maximum Gasteiger partial charge on any atom is 0.416 e. The highest BCUT2D eigenvalue weighted by Gasteiger charge is 2.34. The number of anilines is 1. The summed E-state index contributed by atoms with van der Waals surface area (Å²) < 4.78 is 52.4. The Bertz CT molecular complexity index is 572. The van der Waals surface area contributed by atoms with E-state index in [4.69, 9.17) is 0 Å². The molecule has 5 nitrogen and oxygen atoms in total. The Morgan fingerprint density at radius 3 is 2.29 bits per heavy atom. The highest BCUT2D eigenvalue weighted by Crippen LogP contribution is 2.34. The molecule has 0 bridgehead atoms. The van der Waals surface area contributed by atoms with Crippen LogP contribution in [0.3, 0.4) is 0 Å². The average molecular weight is 308 g/mol. The van der Waals surface area contributed by atoms with Crippen molar-refractivity contribution in [2.24, 2.45) is 0 Å². The van der Waals surface area contributed by atoms with Crippen LogP contribution in [0, 0.1) is 5.82 Å². The van der Waals surface area contributed by atoms with Gasteiger partial charge in [-0.05, 0) is 12.1 Å². The molecule has 0 aliphatic heterocycles. The van der Waals surface area contributed by atoms with Crippen molar-refractivity contribution in [3.8, 4) is 0 Å². The van der Waals surface area contributed by atoms with E-state index >= 15 is 0 Å². The van der Waals surface area contributed by atoms with Crippen LogP contribution in [-0.4, -0.2) is 31.0 Å². The van der Waals surface area contributed by atoms with Gasteiger partial charge in [0.25, 0.3) is 5.91 Å². The Kier molecular flexibility index (Phi) is 4.89. The first-order valence-corrected chi connectivity index (χ1v) is 5.58. The van der Waals surface area contributed by atoms with Crippen LogP contribution >= 0.6 is 0 Å². The molecule has 0 saturated carbocycles. The zero-order chi connectivity index (χ0) is 16.4. The maximum atomic E-state index is 14.1. The second-order valence-corrected chi connectivity index (χ2v) is 4.05. The number of hydrogen-bond donors (Lipinski definition) is 1. The summed E-state index contributed by atoms with van der Waals surface area (Å²) >= 11 is 0. The van der Waals surface area contributed by atoms with E-state index in [2.05, 4.69) is 4.84 Å². The molecule has 0 radical (unpaired) electrons. The molecule has 0 aliphatic carbocycles. The second kappa shape index (κ2) is 6.08. The first-order valence-electron chi connectivity index (χ1n) is 5.58. The summed E-state index contributed by atoms with van der Waals surface area (Å²) in [5.41, 5.74) is -2.86. The Morgan fingerprint density at radius 1 is 1.29 bits per heavy atom. The second-order valence-electron chi connectivity index (χ2n) is 4.05. The number of benzene rings is 1. The van der Waals surface area contributed by atoms with Gasteiger partial charge in [0.1, 0.15) is 0 Å². The normalized spacial score (nSPS) is 11.2. The first-order chi connectivity index (χ1) is 9.57. The molecule has 0 heterocycles. The Morgan fingerprint density at radius 2 is 1.86 bits per heavy atom. The minimum atomic E-state index is -4.80. The Balaban J connectivity index is 3.48. The molecule has 0 unspecified atom stereocenters. The summed E-state index contributed by atoms with van der Waals surface area (Å²) in [7, 11) is 2.21. The van der Waals surface area contributed by atoms with Crippen LogP contribution < -0.4 is 5.32 Å². The lowest BCUT2D eigenvalue weighted by Crippen LogP contribution is -2.27. The van der Waals surface area contributed by atoms with Crippen LogP contribution in [0.4, 0.5) is 23.2 Å². The van der Waals surface area contributed by atoms with Crippen molar-refractivity contribution in [3.05, 3.63) is 29.1 Å². The summed E-state index contributed by atoms with van der Waals surface area (Å²) in [4.78, 5) is 27.2. The van der Waals surface area contributed by atoms with Crippen molar-refractivity contribution in [1.29, 1.82) is 0 Å². The summed E-state index contributed by atoms with van der Waals surface area (Å²) in [6, 6.07) is 0.777. The van der Waals surface area contributed by atoms with E-state index in [1.54, 1.807) is 0 Å². The molecule has 0 atom stereocenters. The van der Waals surface area contributed by atoms with Crippen LogP contribution in [0.15, 0.2) is 12.1 Å². The van der Waals surface area contributed by atoms with Gasteiger partial charge in [-0.25, -0.2) is 9.45 Å². The largest absolute Gasteiger partial charge is 0.416 e. The van der Waals surface area contributed by atoms with E-state index in [0.29, 0.717) is 17.2 Å². The number of hydrogen-bond acceptors (Lipinski definition) is 3. The highest BCUT2D eigenvalue weighted by atomic mass is 19.4.